The molecule has 1 aliphatic rings. The number of thiocarbonyl (C=S) groups is 1. The highest BCUT2D eigenvalue weighted by Crippen LogP contribution is 2.33. The van der Waals surface area contributed by atoms with E-state index >= 15 is 0 Å². The summed E-state index contributed by atoms with van der Waals surface area (Å²) in [6, 6.07) is 18.0. The highest BCUT2D eigenvalue weighted by Gasteiger charge is 2.35. The molecule has 0 saturated carbocycles. The monoisotopic (exact) mass is 502 g/mol. The molecule has 3 aromatic carbocycles. The first-order chi connectivity index (χ1) is 16.1. The van der Waals surface area contributed by atoms with Crippen LogP contribution >= 0.6 is 23.8 Å². The third-order valence-corrected chi connectivity index (χ3v) is 5.43. The normalized spacial score (nSPS) is 15.5. The van der Waals surface area contributed by atoms with Gasteiger partial charge in [-0.2, -0.15) is 13.2 Å². The van der Waals surface area contributed by atoms with E-state index < -0.39 is 29.1 Å². The van der Waals surface area contributed by atoms with Crippen LogP contribution in [0.25, 0.3) is 6.08 Å². The number of benzene rings is 3. The maximum Gasteiger partial charge on any atom is 0.416 e. The molecule has 0 aromatic heterocycles. The van der Waals surface area contributed by atoms with Crippen molar-refractivity contribution in [1.82, 2.24) is 5.32 Å². The van der Waals surface area contributed by atoms with Crippen molar-refractivity contribution in [2.24, 2.45) is 0 Å². The lowest BCUT2D eigenvalue weighted by molar-refractivity contribution is -0.137. The second-order valence-electron chi connectivity index (χ2n) is 7.10. The van der Waals surface area contributed by atoms with Crippen LogP contribution in [-0.4, -0.2) is 16.9 Å². The fraction of sp³-hybridized carbons (Fsp3) is 0.0417. The van der Waals surface area contributed by atoms with Crippen molar-refractivity contribution in [3.63, 3.8) is 0 Å². The maximum absolute atomic E-state index is 13.1. The highest BCUT2D eigenvalue weighted by atomic mass is 35.5. The van der Waals surface area contributed by atoms with Crippen molar-refractivity contribution in [1.29, 1.82) is 0 Å². The van der Waals surface area contributed by atoms with Gasteiger partial charge in [0.2, 0.25) is 0 Å². The van der Waals surface area contributed by atoms with Crippen LogP contribution in [0.1, 0.15) is 11.1 Å². The molecule has 1 heterocycles. The molecule has 4 rings (SSSR count). The largest absolute Gasteiger partial charge is 0.457 e. The molecule has 0 atom stereocenters. The minimum absolute atomic E-state index is 0.0526. The summed E-state index contributed by atoms with van der Waals surface area (Å²) in [4.78, 5) is 26.6. The second kappa shape index (κ2) is 9.28. The predicted molar refractivity (Wildman–Crippen MR) is 126 cm³/mol. The zero-order chi connectivity index (χ0) is 24.5. The number of hydrogen-bond acceptors (Lipinski definition) is 4. The number of carbonyl (C=O) groups excluding carboxylic acids is 2. The van der Waals surface area contributed by atoms with Crippen LogP contribution in [0.3, 0.4) is 0 Å². The van der Waals surface area contributed by atoms with E-state index in [9.17, 15) is 22.8 Å². The summed E-state index contributed by atoms with van der Waals surface area (Å²) in [6.07, 6.45) is -3.61. The molecular weight excluding hydrogens is 489 g/mol. The van der Waals surface area contributed by atoms with Crippen molar-refractivity contribution < 1.29 is 27.5 Å². The van der Waals surface area contributed by atoms with Crippen LogP contribution in [0.2, 0.25) is 5.02 Å². The van der Waals surface area contributed by atoms with Gasteiger partial charge in [-0.15, -0.1) is 0 Å². The summed E-state index contributed by atoms with van der Waals surface area (Å²) in [5, 5.41) is 2.16. The molecule has 0 spiro atoms. The minimum atomic E-state index is -4.62. The molecule has 34 heavy (non-hydrogen) atoms. The van der Waals surface area contributed by atoms with E-state index in [4.69, 9.17) is 28.6 Å². The topological polar surface area (TPSA) is 58.6 Å². The van der Waals surface area contributed by atoms with Gasteiger partial charge in [-0.1, -0.05) is 29.8 Å². The number of hydrogen-bond donors (Lipinski definition) is 1. The van der Waals surface area contributed by atoms with Gasteiger partial charge in [-0.25, -0.2) is 0 Å². The van der Waals surface area contributed by atoms with Gasteiger partial charge < -0.3 is 4.74 Å². The number of nitrogens with zero attached hydrogens (tertiary/aromatic N) is 1. The number of para-hydroxylation sites is 1. The number of carbonyl (C=O) groups is 2. The van der Waals surface area contributed by atoms with E-state index in [2.05, 4.69) is 5.32 Å². The van der Waals surface area contributed by atoms with E-state index in [0.717, 1.165) is 29.2 Å². The molecule has 5 nitrogen and oxygen atoms in total. The van der Waals surface area contributed by atoms with Crippen molar-refractivity contribution in [2.75, 3.05) is 4.90 Å². The highest BCUT2D eigenvalue weighted by molar-refractivity contribution is 7.80. The Morgan fingerprint density at radius 1 is 0.941 bits per heavy atom. The number of halogens is 4. The van der Waals surface area contributed by atoms with Gasteiger partial charge in [0.1, 0.15) is 17.1 Å². The molecule has 0 bridgehead atoms. The fourth-order valence-electron chi connectivity index (χ4n) is 3.17. The Bertz CT molecular complexity index is 1310. The quantitative estimate of drug-likeness (QED) is 0.271. The lowest BCUT2D eigenvalue weighted by Crippen LogP contribution is -2.54. The van der Waals surface area contributed by atoms with Crippen LogP contribution in [-0.2, 0) is 15.8 Å². The third-order valence-electron chi connectivity index (χ3n) is 4.80. The molecule has 0 radical (unpaired) electrons. The molecule has 1 fully saturated rings. The average molecular weight is 503 g/mol. The molecule has 0 unspecified atom stereocenters. The van der Waals surface area contributed by atoms with Crippen LogP contribution < -0.4 is 15.0 Å². The summed E-state index contributed by atoms with van der Waals surface area (Å²) in [5.74, 6) is -0.529. The van der Waals surface area contributed by atoms with Crippen molar-refractivity contribution in [3.05, 3.63) is 94.5 Å². The van der Waals surface area contributed by atoms with Gasteiger partial charge in [-0.3, -0.25) is 19.8 Å². The van der Waals surface area contributed by atoms with Crippen LogP contribution in [0.15, 0.2) is 78.4 Å². The van der Waals surface area contributed by atoms with E-state index in [-0.39, 0.29) is 15.7 Å². The van der Waals surface area contributed by atoms with E-state index in [0.29, 0.717) is 17.2 Å². The van der Waals surface area contributed by atoms with Gasteiger partial charge in [0.25, 0.3) is 11.8 Å². The Morgan fingerprint density at radius 3 is 2.24 bits per heavy atom. The van der Waals surface area contributed by atoms with Gasteiger partial charge >= 0.3 is 6.18 Å². The molecular formula is C24H14ClF3N2O3S. The Labute approximate surface area is 202 Å². The molecule has 172 valence electrons. The number of amides is 2. The number of anilines is 1. The Balaban J connectivity index is 1.64. The number of rotatable bonds is 4. The zero-order valence-corrected chi connectivity index (χ0v) is 18.7. The summed E-state index contributed by atoms with van der Waals surface area (Å²) < 4.78 is 45.0. The van der Waals surface area contributed by atoms with E-state index in [1.54, 1.807) is 36.4 Å². The Morgan fingerprint density at radius 2 is 1.59 bits per heavy atom. The predicted octanol–water partition coefficient (Wildman–Crippen LogP) is 5.98. The summed E-state index contributed by atoms with van der Waals surface area (Å²) in [7, 11) is 0. The van der Waals surface area contributed by atoms with Crippen molar-refractivity contribution in [3.8, 4) is 11.5 Å². The third kappa shape index (κ3) is 4.95. The Hall–Kier alpha value is -3.69. The molecule has 2 amide bonds. The van der Waals surface area contributed by atoms with Crippen molar-refractivity contribution >= 4 is 52.5 Å². The zero-order valence-electron chi connectivity index (χ0n) is 17.1. The lowest BCUT2D eigenvalue weighted by atomic mass is 10.0. The summed E-state index contributed by atoms with van der Waals surface area (Å²) in [5.41, 5.74) is -1.18. The number of alkyl halides is 3. The lowest BCUT2D eigenvalue weighted by Gasteiger charge is -2.29. The smallest absolute Gasteiger partial charge is 0.416 e. The Kier molecular flexibility index (Phi) is 6.41. The van der Waals surface area contributed by atoms with Crippen molar-refractivity contribution in [2.45, 2.75) is 6.18 Å². The molecule has 1 aliphatic heterocycles. The standard InChI is InChI=1S/C24H14ClF3N2O3S/c25-20-11-6-15(24(26,27)28)12-14(20)13-19-21(31)29-23(34)30(22(19)32)16-7-9-18(10-8-16)33-17-4-2-1-3-5-17/h1-13H,(H,29,31,34)/b19-13+. The summed E-state index contributed by atoms with van der Waals surface area (Å²) in [6.45, 7) is 0. The average Bonchev–Trinajstić information content (AvgIpc) is 2.78. The van der Waals surface area contributed by atoms with E-state index in [1.807, 2.05) is 18.2 Å². The fourth-order valence-corrected chi connectivity index (χ4v) is 3.62. The SMILES string of the molecule is O=C1NC(=S)N(c2ccc(Oc3ccccc3)cc2)C(=O)/C1=C/c1cc(C(F)(F)F)ccc1Cl. The first kappa shape index (κ1) is 23.5. The van der Waals surface area contributed by atoms with Gasteiger partial charge in [0, 0.05) is 5.02 Å². The maximum atomic E-state index is 13.1. The van der Waals surface area contributed by atoms with Crippen LogP contribution in [0.5, 0.6) is 11.5 Å². The minimum Gasteiger partial charge on any atom is -0.457 e. The van der Waals surface area contributed by atoms with Gasteiger partial charge in [0.05, 0.1) is 11.3 Å². The van der Waals surface area contributed by atoms with Crippen LogP contribution in [0.4, 0.5) is 18.9 Å². The number of ether oxygens (including phenoxy) is 1. The molecule has 10 heteroatoms. The summed E-state index contributed by atoms with van der Waals surface area (Å²) >= 11 is 11.2. The second-order valence-corrected chi connectivity index (χ2v) is 7.89. The first-order valence-corrected chi connectivity index (χ1v) is 10.5. The van der Waals surface area contributed by atoms with Gasteiger partial charge in [-0.05, 0) is 78.5 Å². The van der Waals surface area contributed by atoms with E-state index in [1.165, 1.54) is 0 Å². The first-order valence-electron chi connectivity index (χ1n) is 9.74. The molecule has 3 aromatic rings. The molecule has 1 saturated heterocycles. The van der Waals surface area contributed by atoms with Crippen LogP contribution in [0, 0.1) is 0 Å². The van der Waals surface area contributed by atoms with Gasteiger partial charge in [0.15, 0.2) is 5.11 Å². The number of nitrogens with one attached hydrogen (secondary N) is 1. The molecule has 1 N–H and O–H groups in total. The molecule has 0 aliphatic carbocycles.